The van der Waals surface area contributed by atoms with Crippen LogP contribution in [0.5, 0.6) is 0 Å². The van der Waals surface area contributed by atoms with Crippen LogP contribution < -0.4 is 11.3 Å². The first-order valence-electron chi connectivity index (χ1n) is 7.21. The van der Waals surface area contributed by atoms with E-state index in [9.17, 15) is 4.39 Å². The molecule has 3 N–H and O–H groups in total. The van der Waals surface area contributed by atoms with Crippen LogP contribution in [0.2, 0.25) is 0 Å². The second-order valence-corrected chi connectivity index (χ2v) is 5.36. The molecule has 0 bridgehead atoms. The maximum atomic E-state index is 13.4. The van der Waals surface area contributed by atoms with Crippen molar-refractivity contribution in [3.05, 3.63) is 35.1 Å². The third-order valence-electron chi connectivity index (χ3n) is 3.81. The Balaban J connectivity index is 2.12. The molecule has 0 aromatic heterocycles. The van der Waals surface area contributed by atoms with Crippen LogP contribution >= 0.6 is 0 Å². The zero-order chi connectivity index (χ0) is 14.5. The van der Waals surface area contributed by atoms with Crippen molar-refractivity contribution in [1.82, 2.24) is 10.3 Å². The van der Waals surface area contributed by atoms with Gasteiger partial charge in [0.25, 0.3) is 0 Å². The van der Waals surface area contributed by atoms with Gasteiger partial charge in [0, 0.05) is 13.1 Å². The third kappa shape index (κ3) is 3.55. The minimum absolute atomic E-state index is 0.00911. The molecule has 1 aromatic carbocycles. The van der Waals surface area contributed by atoms with Gasteiger partial charge in [-0.1, -0.05) is 19.1 Å². The Hall–Kier alpha value is -1.01. The van der Waals surface area contributed by atoms with Crippen molar-refractivity contribution in [3.8, 4) is 0 Å². The summed E-state index contributed by atoms with van der Waals surface area (Å²) in [5.74, 6) is 5.51. The highest BCUT2D eigenvalue weighted by Gasteiger charge is 2.28. The largest absolute Gasteiger partial charge is 0.374 e. The Morgan fingerprint density at radius 2 is 2.35 bits per heavy atom. The van der Waals surface area contributed by atoms with Gasteiger partial charge in [-0.05, 0) is 37.1 Å². The zero-order valence-corrected chi connectivity index (χ0v) is 12.2. The minimum atomic E-state index is -0.193. The van der Waals surface area contributed by atoms with Crippen molar-refractivity contribution in [2.75, 3.05) is 26.2 Å². The lowest BCUT2D eigenvalue weighted by Crippen LogP contribution is -2.49. The number of hydrogen-bond acceptors (Lipinski definition) is 4. The number of aryl methyl sites for hydroxylation is 1. The predicted molar refractivity (Wildman–Crippen MR) is 77.7 cm³/mol. The van der Waals surface area contributed by atoms with Crippen LogP contribution in [0, 0.1) is 12.7 Å². The Morgan fingerprint density at radius 3 is 3.00 bits per heavy atom. The highest BCUT2D eigenvalue weighted by atomic mass is 19.1. The van der Waals surface area contributed by atoms with Gasteiger partial charge in [0.2, 0.25) is 0 Å². The number of morpholine rings is 1. The summed E-state index contributed by atoms with van der Waals surface area (Å²) < 4.78 is 19.2. The maximum Gasteiger partial charge on any atom is 0.126 e. The van der Waals surface area contributed by atoms with Gasteiger partial charge in [-0.25, -0.2) is 4.39 Å². The standard InChI is InChI=1S/C15H24FN3O/c1-3-6-19-7-8-20-14(10-19)15(18-17)12-4-5-13(16)11(2)9-12/h4-5,9,14-15,18H,3,6-8,10,17H2,1-2H3. The normalized spacial score (nSPS) is 21.9. The molecule has 0 radical (unpaired) electrons. The van der Waals surface area contributed by atoms with Crippen LogP contribution in [0.1, 0.15) is 30.5 Å². The highest BCUT2D eigenvalue weighted by Crippen LogP contribution is 2.23. The number of hydrazine groups is 1. The van der Waals surface area contributed by atoms with Crippen LogP contribution in [-0.4, -0.2) is 37.2 Å². The number of nitrogens with one attached hydrogen (secondary N) is 1. The molecule has 1 aliphatic heterocycles. The number of rotatable bonds is 5. The summed E-state index contributed by atoms with van der Waals surface area (Å²) >= 11 is 0. The van der Waals surface area contributed by atoms with Crippen LogP contribution in [0.25, 0.3) is 0 Å². The van der Waals surface area contributed by atoms with E-state index >= 15 is 0 Å². The Morgan fingerprint density at radius 1 is 1.55 bits per heavy atom. The van der Waals surface area contributed by atoms with Gasteiger partial charge in [-0.2, -0.15) is 0 Å². The smallest absolute Gasteiger partial charge is 0.126 e. The molecule has 4 nitrogen and oxygen atoms in total. The summed E-state index contributed by atoms with van der Waals surface area (Å²) in [6.07, 6.45) is 1.12. The quantitative estimate of drug-likeness (QED) is 0.638. The fourth-order valence-electron chi connectivity index (χ4n) is 2.73. The van der Waals surface area contributed by atoms with Gasteiger partial charge >= 0.3 is 0 Å². The summed E-state index contributed by atoms with van der Waals surface area (Å²) in [5.41, 5.74) is 4.42. The van der Waals surface area contributed by atoms with Crippen molar-refractivity contribution in [2.45, 2.75) is 32.4 Å². The number of halogens is 1. The molecule has 2 rings (SSSR count). The SMILES string of the molecule is CCCN1CCOC(C(NN)c2ccc(F)c(C)c2)C1. The number of nitrogens with two attached hydrogens (primary N) is 1. The topological polar surface area (TPSA) is 50.5 Å². The lowest BCUT2D eigenvalue weighted by molar-refractivity contribution is -0.0471. The Bertz CT molecular complexity index is 439. The lowest BCUT2D eigenvalue weighted by atomic mass is 9.98. The van der Waals surface area contributed by atoms with E-state index in [0.29, 0.717) is 12.2 Å². The van der Waals surface area contributed by atoms with Gasteiger partial charge in [0.15, 0.2) is 0 Å². The van der Waals surface area contributed by atoms with E-state index in [1.165, 1.54) is 6.07 Å². The van der Waals surface area contributed by atoms with Gasteiger partial charge in [-0.3, -0.25) is 16.2 Å². The molecule has 1 heterocycles. The summed E-state index contributed by atoms with van der Waals surface area (Å²) in [5, 5.41) is 0. The zero-order valence-electron chi connectivity index (χ0n) is 12.2. The number of ether oxygens (including phenoxy) is 1. The van der Waals surface area contributed by atoms with Crippen LogP contribution in [-0.2, 0) is 4.74 Å². The second kappa shape index (κ2) is 7.13. The monoisotopic (exact) mass is 281 g/mol. The molecule has 2 unspecified atom stereocenters. The summed E-state index contributed by atoms with van der Waals surface area (Å²) in [7, 11) is 0. The molecule has 5 heteroatoms. The number of nitrogens with zero attached hydrogens (tertiary/aromatic N) is 1. The third-order valence-corrected chi connectivity index (χ3v) is 3.81. The average Bonchev–Trinajstić information content (AvgIpc) is 2.44. The predicted octanol–water partition coefficient (Wildman–Crippen LogP) is 1.75. The van der Waals surface area contributed by atoms with Crippen molar-refractivity contribution >= 4 is 0 Å². The van der Waals surface area contributed by atoms with Crippen molar-refractivity contribution < 1.29 is 9.13 Å². The molecule has 1 aliphatic rings. The number of benzene rings is 1. The fraction of sp³-hybridized carbons (Fsp3) is 0.600. The Labute approximate surface area is 120 Å². The van der Waals surface area contributed by atoms with Crippen LogP contribution in [0.3, 0.4) is 0 Å². The Kier molecular flexibility index (Phi) is 5.48. The molecule has 1 aromatic rings. The molecule has 0 saturated carbocycles. The molecule has 2 atom stereocenters. The van der Waals surface area contributed by atoms with E-state index in [-0.39, 0.29) is 18.0 Å². The summed E-state index contributed by atoms with van der Waals surface area (Å²) in [4.78, 5) is 2.38. The van der Waals surface area contributed by atoms with Crippen LogP contribution in [0.4, 0.5) is 4.39 Å². The van der Waals surface area contributed by atoms with Crippen molar-refractivity contribution in [3.63, 3.8) is 0 Å². The lowest BCUT2D eigenvalue weighted by Gasteiger charge is -2.36. The van der Waals surface area contributed by atoms with Crippen molar-refractivity contribution in [2.24, 2.45) is 5.84 Å². The van der Waals surface area contributed by atoms with E-state index in [1.54, 1.807) is 13.0 Å². The molecule has 0 aliphatic carbocycles. The molecule has 0 amide bonds. The molecule has 1 fully saturated rings. The summed E-state index contributed by atoms with van der Waals surface area (Å²) in [6.45, 7) is 7.52. The molecular weight excluding hydrogens is 257 g/mol. The molecule has 112 valence electrons. The van der Waals surface area contributed by atoms with E-state index in [1.807, 2.05) is 6.07 Å². The van der Waals surface area contributed by atoms with E-state index in [2.05, 4.69) is 17.2 Å². The average molecular weight is 281 g/mol. The van der Waals surface area contributed by atoms with Gasteiger partial charge in [0.1, 0.15) is 5.82 Å². The first-order valence-corrected chi connectivity index (χ1v) is 7.21. The minimum Gasteiger partial charge on any atom is -0.374 e. The highest BCUT2D eigenvalue weighted by molar-refractivity contribution is 5.27. The van der Waals surface area contributed by atoms with E-state index in [4.69, 9.17) is 10.6 Å². The molecular formula is C15H24FN3O. The van der Waals surface area contributed by atoms with E-state index < -0.39 is 0 Å². The number of hydrogen-bond donors (Lipinski definition) is 2. The first-order chi connectivity index (χ1) is 9.65. The van der Waals surface area contributed by atoms with Gasteiger partial charge in [-0.15, -0.1) is 0 Å². The first kappa shape index (κ1) is 15.4. The second-order valence-electron chi connectivity index (χ2n) is 5.36. The maximum absolute atomic E-state index is 13.4. The van der Waals surface area contributed by atoms with Crippen molar-refractivity contribution in [1.29, 1.82) is 0 Å². The van der Waals surface area contributed by atoms with E-state index in [0.717, 1.165) is 31.6 Å². The molecule has 20 heavy (non-hydrogen) atoms. The molecule has 1 saturated heterocycles. The molecule has 0 spiro atoms. The van der Waals surface area contributed by atoms with Gasteiger partial charge < -0.3 is 4.74 Å². The summed E-state index contributed by atoms with van der Waals surface area (Å²) in [6, 6.07) is 4.98. The van der Waals surface area contributed by atoms with Crippen LogP contribution in [0.15, 0.2) is 18.2 Å². The fourth-order valence-corrected chi connectivity index (χ4v) is 2.73. The van der Waals surface area contributed by atoms with Gasteiger partial charge in [0.05, 0.1) is 18.8 Å².